The Bertz CT molecular complexity index is 811. The number of rotatable bonds is 4. The van der Waals surface area contributed by atoms with Gasteiger partial charge in [-0.3, -0.25) is 4.79 Å². The van der Waals surface area contributed by atoms with Crippen molar-refractivity contribution in [1.29, 1.82) is 0 Å². The minimum absolute atomic E-state index is 0.193. The van der Waals surface area contributed by atoms with Gasteiger partial charge in [0.1, 0.15) is 5.82 Å². The third kappa shape index (κ3) is 2.63. The first-order valence-corrected chi connectivity index (χ1v) is 8.98. The predicted octanol–water partition coefficient (Wildman–Crippen LogP) is 2.73. The number of benzene rings is 1. The van der Waals surface area contributed by atoms with Crippen LogP contribution in [0.5, 0.6) is 0 Å². The number of anilines is 1. The van der Waals surface area contributed by atoms with E-state index < -0.39 is 20.5 Å². The molecule has 0 spiro atoms. The van der Waals surface area contributed by atoms with E-state index in [1.54, 1.807) is 48.7 Å². The maximum absolute atomic E-state index is 13.0. The number of carbonyl (C=O) groups excluding carboxylic acids is 1. The van der Waals surface area contributed by atoms with Gasteiger partial charge >= 0.3 is 0 Å². The minimum Gasteiger partial charge on any atom is -0.309 e. The summed E-state index contributed by atoms with van der Waals surface area (Å²) in [6.07, 6.45) is 2.95. The van der Waals surface area contributed by atoms with Crippen molar-refractivity contribution >= 4 is 21.6 Å². The summed E-state index contributed by atoms with van der Waals surface area (Å²) in [6, 6.07) is 11.7. The number of amides is 1. The fraction of sp³-hybridized carbons (Fsp3) is 0.294. The van der Waals surface area contributed by atoms with E-state index in [1.165, 1.54) is 0 Å². The highest BCUT2D eigenvalue weighted by Crippen LogP contribution is 2.43. The lowest BCUT2D eigenvalue weighted by Crippen LogP contribution is -2.54. The van der Waals surface area contributed by atoms with Gasteiger partial charge in [0.15, 0.2) is 14.6 Å². The average molecular weight is 330 g/mol. The molecule has 1 heterocycles. The van der Waals surface area contributed by atoms with Crippen LogP contribution in [0.2, 0.25) is 0 Å². The number of hydrogen-bond donors (Lipinski definition) is 1. The van der Waals surface area contributed by atoms with Crippen LogP contribution >= 0.6 is 0 Å². The topological polar surface area (TPSA) is 76.1 Å². The third-order valence-corrected chi connectivity index (χ3v) is 6.84. The summed E-state index contributed by atoms with van der Waals surface area (Å²) in [5, 5.41) is 2.64. The normalized spacial score (nSPS) is 16.4. The maximum Gasteiger partial charge on any atom is 0.247 e. The molecule has 1 N–H and O–H groups in total. The van der Waals surface area contributed by atoms with Crippen LogP contribution in [0, 0.1) is 6.92 Å². The summed E-state index contributed by atoms with van der Waals surface area (Å²) in [6.45, 7) is 1.89. The van der Waals surface area contributed by atoms with Crippen molar-refractivity contribution in [2.75, 3.05) is 5.32 Å². The Balaban J connectivity index is 1.94. The first-order valence-electron chi connectivity index (χ1n) is 7.49. The molecule has 1 aromatic carbocycles. The van der Waals surface area contributed by atoms with Crippen LogP contribution in [0.3, 0.4) is 0 Å². The summed E-state index contributed by atoms with van der Waals surface area (Å²) in [7, 11) is -3.74. The van der Waals surface area contributed by atoms with E-state index in [-0.39, 0.29) is 4.90 Å². The molecule has 5 nitrogen and oxygen atoms in total. The standard InChI is InChI=1S/C17H18N2O3S/c1-13-6-8-14(9-7-13)23(21,22)17(10-4-11-17)16(20)19-15-5-2-3-12-18-15/h2-3,5-9,12H,4,10-11H2,1H3,(H,18,19,20). The first kappa shape index (κ1) is 15.7. The minimum atomic E-state index is -3.74. The Morgan fingerprint density at radius 1 is 1.13 bits per heavy atom. The zero-order valence-corrected chi connectivity index (χ0v) is 13.6. The Morgan fingerprint density at radius 3 is 2.35 bits per heavy atom. The fourth-order valence-corrected chi connectivity index (χ4v) is 4.79. The van der Waals surface area contributed by atoms with Crippen molar-refractivity contribution < 1.29 is 13.2 Å². The van der Waals surface area contributed by atoms with Gasteiger partial charge in [-0.15, -0.1) is 0 Å². The summed E-state index contributed by atoms with van der Waals surface area (Å²) in [5.74, 6) is -0.133. The van der Waals surface area contributed by atoms with Crippen LogP contribution in [0.1, 0.15) is 24.8 Å². The summed E-state index contributed by atoms with van der Waals surface area (Å²) >= 11 is 0. The van der Waals surface area contributed by atoms with Crippen LogP contribution in [-0.2, 0) is 14.6 Å². The van der Waals surface area contributed by atoms with Gasteiger partial charge in [0.2, 0.25) is 5.91 Å². The molecule has 0 bridgehead atoms. The van der Waals surface area contributed by atoms with Gasteiger partial charge in [0.25, 0.3) is 0 Å². The molecule has 1 aromatic heterocycles. The van der Waals surface area contributed by atoms with E-state index in [4.69, 9.17) is 0 Å². The molecule has 120 valence electrons. The van der Waals surface area contributed by atoms with Gasteiger partial charge in [0.05, 0.1) is 4.90 Å². The molecular weight excluding hydrogens is 312 g/mol. The smallest absolute Gasteiger partial charge is 0.247 e. The van der Waals surface area contributed by atoms with Crippen molar-refractivity contribution in [3.63, 3.8) is 0 Å². The van der Waals surface area contributed by atoms with Crippen molar-refractivity contribution in [3.8, 4) is 0 Å². The molecule has 3 rings (SSSR count). The lowest BCUT2D eigenvalue weighted by atomic mass is 9.83. The highest BCUT2D eigenvalue weighted by molar-refractivity contribution is 7.93. The Kier molecular flexibility index (Phi) is 3.93. The highest BCUT2D eigenvalue weighted by Gasteiger charge is 2.55. The lowest BCUT2D eigenvalue weighted by molar-refractivity contribution is -0.120. The summed E-state index contributed by atoms with van der Waals surface area (Å²) < 4.78 is 24.6. The second-order valence-electron chi connectivity index (χ2n) is 5.83. The van der Waals surface area contributed by atoms with Crippen molar-refractivity contribution in [3.05, 3.63) is 54.2 Å². The van der Waals surface area contributed by atoms with Crippen molar-refractivity contribution in [1.82, 2.24) is 4.98 Å². The molecule has 0 atom stereocenters. The Hall–Kier alpha value is -2.21. The molecule has 2 aromatic rings. The highest BCUT2D eigenvalue weighted by atomic mass is 32.2. The SMILES string of the molecule is Cc1ccc(S(=O)(=O)C2(C(=O)Nc3ccccn3)CCC2)cc1. The second kappa shape index (κ2) is 5.77. The molecule has 6 heteroatoms. The van der Waals surface area contributed by atoms with Gasteiger partial charge in [-0.2, -0.15) is 0 Å². The third-order valence-electron chi connectivity index (χ3n) is 4.33. The van der Waals surface area contributed by atoms with Crippen LogP contribution in [0.25, 0.3) is 0 Å². The molecule has 0 radical (unpaired) electrons. The van der Waals surface area contributed by atoms with Crippen LogP contribution in [-0.4, -0.2) is 24.1 Å². The lowest BCUT2D eigenvalue weighted by Gasteiger charge is -2.39. The van der Waals surface area contributed by atoms with Gasteiger partial charge in [-0.25, -0.2) is 13.4 Å². The molecule has 0 aliphatic heterocycles. The molecule has 1 amide bonds. The number of aryl methyl sites for hydroxylation is 1. The van der Waals surface area contributed by atoms with E-state index in [0.717, 1.165) is 12.0 Å². The average Bonchev–Trinajstić information content (AvgIpc) is 2.47. The molecule has 23 heavy (non-hydrogen) atoms. The number of sulfone groups is 1. The zero-order valence-electron chi connectivity index (χ0n) is 12.8. The number of nitrogens with one attached hydrogen (secondary N) is 1. The number of nitrogens with zero attached hydrogens (tertiary/aromatic N) is 1. The largest absolute Gasteiger partial charge is 0.309 e. The first-order chi connectivity index (χ1) is 11.0. The van der Waals surface area contributed by atoms with E-state index in [1.807, 2.05) is 6.92 Å². The summed E-state index contributed by atoms with van der Waals surface area (Å²) in [4.78, 5) is 16.9. The van der Waals surface area contributed by atoms with E-state index in [2.05, 4.69) is 10.3 Å². The van der Waals surface area contributed by atoms with Crippen molar-refractivity contribution in [2.24, 2.45) is 0 Å². The molecule has 1 aliphatic carbocycles. The fourth-order valence-electron chi connectivity index (χ4n) is 2.73. The van der Waals surface area contributed by atoms with Gasteiger partial charge in [0, 0.05) is 6.20 Å². The zero-order chi connectivity index (χ0) is 16.5. The molecule has 0 unspecified atom stereocenters. The number of pyridine rings is 1. The van der Waals surface area contributed by atoms with Gasteiger partial charge in [-0.1, -0.05) is 23.8 Å². The van der Waals surface area contributed by atoms with Crippen LogP contribution < -0.4 is 5.32 Å². The Morgan fingerprint density at radius 2 is 1.83 bits per heavy atom. The number of hydrogen-bond acceptors (Lipinski definition) is 4. The predicted molar refractivity (Wildman–Crippen MR) is 87.8 cm³/mol. The molecular formula is C17H18N2O3S. The number of carbonyl (C=O) groups is 1. The van der Waals surface area contributed by atoms with Gasteiger partial charge in [-0.05, 0) is 50.5 Å². The molecule has 1 aliphatic rings. The van der Waals surface area contributed by atoms with Crippen LogP contribution in [0.15, 0.2) is 53.6 Å². The second-order valence-corrected chi connectivity index (χ2v) is 8.09. The maximum atomic E-state index is 13.0. The van der Waals surface area contributed by atoms with E-state index in [0.29, 0.717) is 18.7 Å². The molecule has 1 saturated carbocycles. The quantitative estimate of drug-likeness (QED) is 0.935. The monoisotopic (exact) mass is 330 g/mol. The molecule has 0 saturated heterocycles. The van der Waals surface area contributed by atoms with Crippen molar-refractivity contribution in [2.45, 2.75) is 35.8 Å². The van der Waals surface area contributed by atoms with E-state index in [9.17, 15) is 13.2 Å². The summed E-state index contributed by atoms with van der Waals surface area (Å²) in [5.41, 5.74) is 0.976. The Labute approximate surface area is 135 Å². The van der Waals surface area contributed by atoms with Crippen LogP contribution in [0.4, 0.5) is 5.82 Å². The van der Waals surface area contributed by atoms with E-state index >= 15 is 0 Å². The number of aromatic nitrogens is 1. The van der Waals surface area contributed by atoms with Gasteiger partial charge < -0.3 is 5.32 Å². The molecule has 1 fully saturated rings.